The number of hydrogen-bond acceptors (Lipinski definition) is 2. The Hall–Kier alpha value is -2.04. The number of hydrogen-bond donors (Lipinski definition) is 2. The molecule has 0 aliphatic heterocycles. The van der Waals surface area contributed by atoms with E-state index in [1.807, 2.05) is 52.8 Å². The van der Waals surface area contributed by atoms with Crippen LogP contribution in [0.25, 0.3) is 0 Å². The lowest BCUT2D eigenvalue weighted by Crippen LogP contribution is -2.50. The molecule has 0 unspecified atom stereocenters. The lowest BCUT2D eigenvalue weighted by Gasteiger charge is -2.25. The first kappa shape index (κ1) is 16.0. The molecule has 2 amide bonds. The molecule has 5 heteroatoms. The average Bonchev–Trinajstić information content (AvgIpc) is 2.30. The van der Waals surface area contributed by atoms with Crippen LogP contribution in [-0.2, 0) is 0 Å². The van der Waals surface area contributed by atoms with Gasteiger partial charge < -0.3 is 11.1 Å². The zero-order chi connectivity index (χ0) is 15.5. The quantitative estimate of drug-likeness (QED) is 0.611. The molecule has 20 heavy (non-hydrogen) atoms. The molecule has 0 bridgehead atoms. The minimum Gasteiger partial charge on any atom is -0.369 e. The molecule has 3 N–H and O–H groups in total. The predicted molar refractivity (Wildman–Crippen MR) is 83.2 cm³/mol. The number of carbonyl (C=O) groups excluding carboxylic acids is 1. The van der Waals surface area contributed by atoms with Crippen molar-refractivity contribution in [1.29, 1.82) is 0 Å². The van der Waals surface area contributed by atoms with Crippen LogP contribution in [0, 0.1) is 13.8 Å². The number of nitrogens with one attached hydrogen (secondary N) is 1. The van der Waals surface area contributed by atoms with Crippen LogP contribution < -0.4 is 11.1 Å². The highest BCUT2D eigenvalue weighted by Crippen LogP contribution is 2.22. The maximum atomic E-state index is 12.0. The Morgan fingerprint density at radius 3 is 2.20 bits per heavy atom. The normalized spacial score (nSPS) is 12.2. The molecule has 0 atom stereocenters. The van der Waals surface area contributed by atoms with Crippen LogP contribution >= 0.6 is 0 Å². The van der Waals surface area contributed by atoms with Crippen molar-refractivity contribution >= 4 is 17.7 Å². The number of nitrogens with two attached hydrogens (primary N) is 1. The number of carbonyl (C=O) groups is 1. The Balaban J connectivity index is 2.97. The van der Waals surface area contributed by atoms with Crippen molar-refractivity contribution in [1.82, 2.24) is 10.2 Å². The van der Waals surface area contributed by atoms with Gasteiger partial charge in [-0.25, -0.2) is 9.79 Å². The summed E-state index contributed by atoms with van der Waals surface area (Å²) in [6, 6.07) is 5.63. The summed E-state index contributed by atoms with van der Waals surface area (Å²) in [6.07, 6.45) is 0. The lowest BCUT2D eigenvalue weighted by molar-refractivity contribution is 0.217. The smallest absolute Gasteiger partial charge is 0.324 e. The predicted octanol–water partition coefficient (Wildman–Crippen LogP) is 2.69. The van der Waals surface area contributed by atoms with E-state index in [0.717, 1.165) is 16.8 Å². The van der Waals surface area contributed by atoms with Gasteiger partial charge in [0.1, 0.15) is 0 Å². The van der Waals surface area contributed by atoms with E-state index < -0.39 is 0 Å². The molecule has 0 saturated carbocycles. The van der Waals surface area contributed by atoms with Gasteiger partial charge in [-0.15, -0.1) is 0 Å². The van der Waals surface area contributed by atoms with E-state index in [-0.39, 0.29) is 17.5 Å². The monoisotopic (exact) mass is 276 g/mol. The molecule has 0 spiro atoms. The maximum Gasteiger partial charge on any atom is 0.324 e. The molecule has 1 aromatic carbocycles. The van der Waals surface area contributed by atoms with E-state index in [0.29, 0.717) is 0 Å². The summed E-state index contributed by atoms with van der Waals surface area (Å²) in [7, 11) is 1.60. The summed E-state index contributed by atoms with van der Waals surface area (Å²) in [5.41, 5.74) is 8.46. The van der Waals surface area contributed by atoms with E-state index in [4.69, 9.17) is 5.73 Å². The first-order valence-corrected chi connectivity index (χ1v) is 6.58. The van der Waals surface area contributed by atoms with Gasteiger partial charge in [0.25, 0.3) is 0 Å². The fraction of sp³-hybridized carbons (Fsp3) is 0.467. The first-order chi connectivity index (χ1) is 9.11. The van der Waals surface area contributed by atoms with Gasteiger partial charge in [0, 0.05) is 12.6 Å². The zero-order valence-electron chi connectivity index (χ0n) is 13.1. The Bertz CT molecular complexity index is 509. The summed E-state index contributed by atoms with van der Waals surface area (Å²) in [5, 5.41) is 2.84. The maximum absolute atomic E-state index is 12.0. The van der Waals surface area contributed by atoms with E-state index in [1.165, 1.54) is 4.90 Å². The number of aliphatic imine (C=N–C) groups is 1. The topological polar surface area (TPSA) is 70.7 Å². The van der Waals surface area contributed by atoms with Crippen LogP contribution in [0.4, 0.5) is 10.5 Å². The van der Waals surface area contributed by atoms with Gasteiger partial charge in [0.05, 0.1) is 5.69 Å². The number of aryl methyl sites for hydroxylation is 2. The van der Waals surface area contributed by atoms with Crippen molar-refractivity contribution in [2.24, 2.45) is 10.7 Å². The van der Waals surface area contributed by atoms with Crippen molar-refractivity contribution in [3.05, 3.63) is 29.3 Å². The zero-order valence-corrected chi connectivity index (χ0v) is 13.1. The highest BCUT2D eigenvalue weighted by atomic mass is 16.2. The van der Waals surface area contributed by atoms with Crippen molar-refractivity contribution in [2.75, 3.05) is 7.05 Å². The number of para-hydroxylation sites is 1. The standard InChI is InChI=1S/C15H24N4O/c1-10-8-7-9-11(2)12(10)17-13(16)19(6)14(20)18-15(3,4)5/h7-9H,1-6H3,(H2,16,17)(H,18,20). The van der Waals surface area contributed by atoms with Gasteiger partial charge in [-0.05, 0) is 45.7 Å². The summed E-state index contributed by atoms with van der Waals surface area (Å²) in [4.78, 5) is 17.7. The van der Waals surface area contributed by atoms with Gasteiger partial charge in [-0.3, -0.25) is 4.90 Å². The first-order valence-electron chi connectivity index (χ1n) is 6.58. The summed E-state index contributed by atoms with van der Waals surface area (Å²) in [6.45, 7) is 9.68. The fourth-order valence-electron chi connectivity index (χ4n) is 1.68. The third-order valence-electron chi connectivity index (χ3n) is 2.80. The molecule has 0 aromatic heterocycles. The molecular weight excluding hydrogens is 252 g/mol. The number of nitrogens with zero attached hydrogens (tertiary/aromatic N) is 2. The van der Waals surface area contributed by atoms with E-state index in [2.05, 4.69) is 10.3 Å². The Kier molecular flexibility index (Phi) is 4.76. The largest absolute Gasteiger partial charge is 0.369 e. The molecular formula is C15H24N4O. The Morgan fingerprint density at radius 2 is 1.75 bits per heavy atom. The van der Waals surface area contributed by atoms with Gasteiger partial charge in [0.15, 0.2) is 0 Å². The second-order valence-corrected chi connectivity index (χ2v) is 5.95. The van der Waals surface area contributed by atoms with E-state index in [9.17, 15) is 4.79 Å². The van der Waals surface area contributed by atoms with E-state index >= 15 is 0 Å². The molecule has 1 aromatic rings. The molecule has 5 nitrogen and oxygen atoms in total. The van der Waals surface area contributed by atoms with E-state index in [1.54, 1.807) is 7.05 Å². The molecule has 0 aliphatic carbocycles. The summed E-state index contributed by atoms with van der Waals surface area (Å²) >= 11 is 0. The van der Waals surface area contributed by atoms with Crippen molar-refractivity contribution in [2.45, 2.75) is 40.2 Å². The summed E-state index contributed by atoms with van der Waals surface area (Å²) < 4.78 is 0. The molecule has 0 heterocycles. The highest BCUT2D eigenvalue weighted by Gasteiger charge is 2.19. The minimum atomic E-state index is -0.315. The highest BCUT2D eigenvalue weighted by molar-refractivity contribution is 5.96. The van der Waals surface area contributed by atoms with Crippen LogP contribution in [0.2, 0.25) is 0 Å². The average molecular weight is 276 g/mol. The molecule has 0 saturated heterocycles. The SMILES string of the molecule is Cc1cccc(C)c1N=C(N)N(C)C(=O)NC(C)(C)C. The Labute approximate surface area is 120 Å². The second kappa shape index (κ2) is 5.94. The molecule has 0 aliphatic rings. The fourth-order valence-corrected chi connectivity index (χ4v) is 1.68. The van der Waals surface area contributed by atoms with Gasteiger partial charge in [-0.2, -0.15) is 0 Å². The number of urea groups is 1. The van der Waals surface area contributed by atoms with Crippen LogP contribution in [0.3, 0.4) is 0 Å². The molecule has 1 rings (SSSR count). The number of amides is 2. The van der Waals surface area contributed by atoms with Crippen molar-refractivity contribution in [3.8, 4) is 0 Å². The third kappa shape index (κ3) is 4.26. The van der Waals surface area contributed by atoms with Crippen molar-refractivity contribution in [3.63, 3.8) is 0 Å². The van der Waals surface area contributed by atoms with Crippen LogP contribution in [0.5, 0.6) is 0 Å². The molecule has 0 fully saturated rings. The molecule has 110 valence electrons. The number of guanidine groups is 1. The van der Waals surface area contributed by atoms with Crippen LogP contribution in [0.1, 0.15) is 31.9 Å². The molecule has 0 radical (unpaired) electrons. The van der Waals surface area contributed by atoms with Crippen LogP contribution in [-0.4, -0.2) is 29.5 Å². The summed E-state index contributed by atoms with van der Waals surface area (Å²) in [5.74, 6) is 0.171. The number of benzene rings is 1. The second-order valence-electron chi connectivity index (χ2n) is 5.95. The van der Waals surface area contributed by atoms with Crippen molar-refractivity contribution < 1.29 is 4.79 Å². The van der Waals surface area contributed by atoms with Gasteiger partial charge >= 0.3 is 6.03 Å². The van der Waals surface area contributed by atoms with Gasteiger partial charge in [0.2, 0.25) is 5.96 Å². The van der Waals surface area contributed by atoms with Crippen LogP contribution in [0.15, 0.2) is 23.2 Å². The lowest BCUT2D eigenvalue weighted by atomic mass is 10.1. The third-order valence-corrected chi connectivity index (χ3v) is 2.80. The van der Waals surface area contributed by atoms with Gasteiger partial charge in [-0.1, -0.05) is 18.2 Å². The minimum absolute atomic E-state index is 0.171. The Morgan fingerprint density at radius 1 is 1.25 bits per heavy atom. The number of rotatable bonds is 1.